The van der Waals surface area contributed by atoms with Crippen molar-refractivity contribution < 1.29 is 0 Å². The fourth-order valence-corrected chi connectivity index (χ4v) is 2.75. The number of benzene rings is 2. The fourth-order valence-electron chi connectivity index (χ4n) is 2.39. The molecule has 0 atom stereocenters. The standard InChI is InChI=1S/C16H11IN4/c1-10-15-16(19-14-5-3-2-4-13(14)18-15)21(20-10)12-8-6-11(17)7-9-12/h2-9H,1H3. The Morgan fingerprint density at radius 2 is 1.57 bits per heavy atom. The molecule has 0 bridgehead atoms. The molecule has 0 saturated carbocycles. The highest BCUT2D eigenvalue weighted by molar-refractivity contribution is 14.1. The van der Waals surface area contributed by atoms with Gasteiger partial charge in [0.2, 0.25) is 0 Å². The van der Waals surface area contributed by atoms with E-state index in [0.717, 1.165) is 33.6 Å². The molecule has 21 heavy (non-hydrogen) atoms. The lowest BCUT2D eigenvalue weighted by atomic mass is 10.3. The van der Waals surface area contributed by atoms with Gasteiger partial charge in [0.05, 0.1) is 22.4 Å². The predicted octanol–water partition coefficient (Wildman–Crippen LogP) is 3.88. The van der Waals surface area contributed by atoms with E-state index in [1.807, 2.05) is 48.0 Å². The Balaban J connectivity index is 2.05. The van der Waals surface area contributed by atoms with Crippen LogP contribution in [0, 0.1) is 10.5 Å². The smallest absolute Gasteiger partial charge is 0.182 e. The van der Waals surface area contributed by atoms with Crippen LogP contribution in [-0.4, -0.2) is 19.7 Å². The van der Waals surface area contributed by atoms with Crippen molar-refractivity contribution in [2.75, 3.05) is 0 Å². The van der Waals surface area contributed by atoms with Crippen LogP contribution < -0.4 is 0 Å². The van der Waals surface area contributed by atoms with E-state index in [2.05, 4.69) is 39.8 Å². The second-order valence-electron chi connectivity index (χ2n) is 4.86. The Morgan fingerprint density at radius 3 is 2.29 bits per heavy atom. The Bertz CT molecular complexity index is 957. The minimum absolute atomic E-state index is 0.799. The van der Waals surface area contributed by atoms with Gasteiger partial charge in [0.1, 0.15) is 5.52 Å². The van der Waals surface area contributed by atoms with Gasteiger partial charge in [0, 0.05) is 3.57 Å². The van der Waals surface area contributed by atoms with Crippen LogP contribution in [0.2, 0.25) is 0 Å². The summed E-state index contributed by atoms with van der Waals surface area (Å²) in [7, 11) is 0. The van der Waals surface area contributed by atoms with E-state index in [9.17, 15) is 0 Å². The van der Waals surface area contributed by atoms with Gasteiger partial charge in [-0.2, -0.15) is 5.10 Å². The average Bonchev–Trinajstić information content (AvgIpc) is 2.83. The van der Waals surface area contributed by atoms with Crippen molar-refractivity contribution in [2.24, 2.45) is 0 Å². The quantitative estimate of drug-likeness (QED) is 0.467. The summed E-state index contributed by atoms with van der Waals surface area (Å²) in [6.07, 6.45) is 0. The molecular formula is C16H11IN4. The number of rotatable bonds is 1. The molecule has 0 N–H and O–H groups in total. The SMILES string of the molecule is Cc1nn(-c2ccc(I)cc2)c2nc3ccccc3nc12. The highest BCUT2D eigenvalue weighted by atomic mass is 127. The van der Waals surface area contributed by atoms with Gasteiger partial charge in [-0.3, -0.25) is 0 Å². The second-order valence-corrected chi connectivity index (χ2v) is 6.10. The predicted molar refractivity (Wildman–Crippen MR) is 91.6 cm³/mol. The molecule has 0 radical (unpaired) electrons. The molecule has 0 aliphatic carbocycles. The summed E-state index contributed by atoms with van der Waals surface area (Å²) in [5.41, 5.74) is 5.33. The zero-order valence-electron chi connectivity index (χ0n) is 11.3. The molecule has 0 saturated heterocycles. The maximum Gasteiger partial charge on any atom is 0.182 e. The van der Waals surface area contributed by atoms with Gasteiger partial charge >= 0.3 is 0 Å². The summed E-state index contributed by atoms with van der Waals surface area (Å²) in [4.78, 5) is 9.43. The topological polar surface area (TPSA) is 43.6 Å². The molecule has 102 valence electrons. The van der Waals surface area contributed by atoms with Crippen LogP contribution in [0.25, 0.3) is 27.9 Å². The molecule has 0 spiro atoms. The molecule has 2 aromatic carbocycles. The minimum atomic E-state index is 0.799. The molecule has 0 fully saturated rings. The molecule has 0 unspecified atom stereocenters. The average molecular weight is 386 g/mol. The molecule has 0 amide bonds. The van der Waals surface area contributed by atoms with E-state index in [-0.39, 0.29) is 0 Å². The number of hydrogen-bond acceptors (Lipinski definition) is 3. The van der Waals surface area contributed by atoms with Crippen LogP contribution >= 0.6 is 22.6 Å². The van der Waals surface area contributed by atoms with Gasteiger partial charge in [0.25, 0.3) is 0 Å². The van der Waals surface area contributed by atoms with Gasteiger partial charge in [-0.1, -0.05) is 12.1 Å². The van der Waals surface area contributed by atoms with Crippen LogP contribution in [0.3, 0.4) is 0 Å². The third-order valence-corrected chi connectivity index (χ3v) is 4.14. The number of fused-ring (bicyclic) bond motifs is 2. The van der Waals surface area contributed by atoms with E-state index in [1.165, 1.54) is 3.57 Å². The molecule has 5 heteroatoms. The maximum absolute atomic E-state index is 4.73. The van der Waals surface area contributed by atoms with E-state index in [1.54, 1.807) is 0 Å². The number of aryl methyl sites for hydroxylation is 1. The summed E-state index contributed by atoms with van der Waals surface area (Å²) in [6, 6.07) is 16.1. The minimum Gasteiger partial charge on any atom is -0.241 e. The first-order valence-electron chi connectivity index (χ1n) is 6.60. The number of hydrogen-bond donors (Lipinski definition) is 0. The lowest BCUT2D eigenvalue weighted by Crippen LogP contribution is -1.98. The van der Waals surface area contributed by atoms with E-state index < -0.39 is 0 Å². The van der Waals surface area contributed by atoms with Gasteiger partial charge < -0.3 is 0 Å². The number of nitrogens with zero attached hydrogens (tertiary/aromatic N) is 4. The van der Waals surface area contributed by atoms with Crippen molar-refractivity contribution >= 4 is 44.8 Å². The van der Waals surface area contributed by atoms with E-state index in [0.29, 0.717) is 0 Å². The fraction of sp³-hybridized carbons (Fsp3) is 0.0625. The summed E-state index contributed by atoms with van der Waals surface area (Å²) in [5.74, 6) is 0. The molecule has 4 nitrogen and oxygen atoms in total. The zero-order chi connectivity index (χ0) is 14.4. The van der Waals surface area contributed by atoms with Gasteiger partial charge in [0.15, 0.2) is 5.65 Å². The molecule has 2 heterocycles. The van der Waals surface area contributed by atoms with Gasteiger partial charge in [-0.15, -0.1) is 0 Å². The first kappa shape index (κ1) is 12.7. The lowest BCUT2D eigenvalue weighted by Gasteiger charge is -2.03. The molecule has 0 aliphatic rings. The summed E-state index contributed by atoms with van der Waals surface area (Å²) in [5, 5.41) is 4.60. The number of aromatic nitrogens is 4. The molecule has 4 rings (SSSR count). The zero-order valence-corrected chi connectivity index (χ0v) is 13.4. The van der Waals surface area contributed by atoms with Crippen molar-refractivity contribution in [1.82, 2.24) is 19.7 Å². The van der Waals surface area contributed by atoms with Crippen LogP contribution in [-0.2, 0) is 0 Å². The summed E-state index contributed by atoms with van der Waals surface area (Å²) >= 11 is 2.29. The van der Waals surface area contributed by atoms with Crippen LogP contribution in [0.5, 0.6) is 0 Å². The van der Waals surface area contributed by atoms with Gasteiger partial charge in [-0.25, -0.2) is 14.6 Å². The number of halogens is 1. The van der Waals surface area contributed by atoms with Crippen molar-refractivity contribution in [3.05, 3.63) is 57.8 Å². The Hall–Kier alpha value is -2.02. The number of para-hydroxylation sites is 2. The highest BCUT2D eigenvalue weighted by Gasteiger charge is 2.13. The maximum atomic E-state index is 4.73. The van der Waals surface area contributed by atoms with E-state index >= 15 is 0 Å². The molecule has 0 aliphatic heterocycles. The van der Waals surface area contributed by atoms with Crippen LogP contribution in [0.4, 0.5) is 0 Å². The first-order valence-corrected chi connectivity index (χ1v) is 7.68. The van der Waals surface area contributed by atoms with Gasteiger partial charge in [-0.05, 0) is 65.9 Å². The summed E-state index contributed by atoms with van der Waals surface area (Å²) in [6.45, 7) is 1.97. The van der Waals surface area contributed by atoms with Crippen LogP contribution in [0.15, 0.2) is 48.5 Å². The van der Waals surface area contributed by atoms with Crippen molar-refractivity contribution in [3.63, 3.8) is 0 Å². The third kappa shape index (κ3) is 2.08. The monoisotopic (exact) mass is 386 g/mol. The largest absolute Gasteiger partial charge is 0.241 e. The first-order chi connectivity index (χ1) is 10.2. The Kier molecular flexibility index (Phi) is 2.88. The van der Waals surface area contributed by atoms with Crippen molar-refractivity contribution in [1.29, 1.82) is 0 Å². The highest BCUT2D eigenvalue weighted by Crippen LogP contribution is 2.22. The van der Waals surface area contributed by atoms with Crippen molar-refractivity contribution in [2.45, 2.75) is 6.92 Å². The Morgan fingerprint density at radius 1 is 0.905 bits per heavy atom. The van der Waals surface area contributed by atoms with Crippen molar-refractivity contribution in [3.8, 4) is 5.69 Å². The summed E-state index contributed by atoms with van der Waals surface area (Å²) < 4.78 is 3.06. The lowest BCUT2D eigenvalue weighted by molar-refractivity contribution is 0.879. The third-order valence-electron chi connectivity index (χ3n) is 3.42. The molecule has 4 aromatic rings. The molecule has 2 aromatic heterocycles. The Labute approximate surface area is 135 Å². The normalized spacial score (nSPS) is 11.3. The molecular weight excluding hydrogens is 375 g/mol. The van der Waals surface area contributed by atoms with Crippen LogP contribution in [0.1, 0.15) is 5.69 Å². The van der Waals surface area contributed by atoms with E-state index in [4.69, 9.17) is 9.97 Å². The second kappa shape index (κ2) is 4.77.